The minimum absolute atomic E-state index is 0. The number of nitrogens with one attached hydrogen (secondary N) is 1. The zero-order valence-electron chi connectivity index (χ0n) is 11.7. The fraction of sp³-hybridized carbons (Fsp3) is 0.818. The standard InChI is InChI=1S/C11H22N2O4.ClH/c1-10(2,3)17-9(15)13-11(4,5)7(12)8(14)16-6;/h7H,12H2,1-6H3,(H,13,15);1H/t7-;/m0./s1. The molecule has 0 saturated heterocycles. The van der Waals surface area contributed by atoms with E-state index in [4.69, 9.17) is 10.5 Å². The molecule has 0 aromatic rings. The van der Waals surface area contributed by atoms with E-state index in [0.717, 1.165) is 0 Å². The molecule has 1 amide bonds. The average molecular weight is 283 g/mol. The van der Waals surface area contributed by atoms with Crippen molar-refractivity contribution < 1.29 is 19.1 Å². The SMILES string of the molecule is COC(=O)[C@H](N)C(C)(C)NC(=O)OC(C)(C)C.Cl. The molecule has 3 N–H and O–H groups in total. The molecular formula is C11H23ClN2O4. The molecule has 0 fully saturated rings. The molecule has 0 aliphatic carbocycles. The Labute approximate surface area is 114 Å². The van der Waals surface area contributed by atoms with Gasteiger partial charge in [-0.15, -0.1) is 12.4 Å². The van der Waals surface area contributed by atoms with Crippen molar-refractivity contribution in [1.82, 2.24) is 5.32 Å². The molecule has 0 spiro atoms. The van der Waals surface area contributed by atoms with Crippen molar-refractivity contribution in [3.63, 3.8) is 0 Å². The lowest BCUT2D eigenvalue weighted by molar-refractivity contribution is -0.143. The van der Waals surface area contributed by atoms with Crippen LogP contribution in [0, 0.1) is 0 Å². The maximum absolute atomic E-state index is 11.5. The summed E-state index contributed by atoms with van der Waals surface area (Å²) in [7, 11) is 1.24. The highest BCUT2D eigenvalue weighted by Crippen LogP contribution is 2.12. The predicted molar refractivity (Wildman–Crippen MR) is 70.7 cm³/mol. The smallest absolute Gasteiger partial charge is 0.408 e. The number of hydrogen-bond donors (Lipinski definition) is 2. The van der Waals surface area contributed by atoms with Gasteiger partial charge in [-0.05, 0) is 34.6 Å². The molecule has 0 heterocycles. The monoisotopic (exact) mass is 282 g/mol. The van der Waals surface area contributed by atoms with Gasteiger partial charge in [0, 0.05) is 0 Å². The van der Waals surface area contributed by atoms with Gasteiger partial charge in [-0.3, -0.25) is 4.79 Å². The maximum Gasteiger partial charge on any atom is 0.408 e. The zero-order chi connectivity index (χ0) is 13.9. The van der Waals surface area contributed by atoms with Crippen molar-refractivity contribution in [3.05, 3.63) is 0 Å². The average Bonchev–Trinajstić information content (AvgIpc) is 2.11. The van der Waals surface area contributed by atoms with Crippen molar-refractivity contribution in [2.75, 3.05) is 7.11 Å². The van der Waals surface area contributed by atoms with E-state index in [2.05, 4.69) is 10.1 Å². The van der Waals surface area contributed by atoms with Crippen molar-refractivity contribution in [3.8, 4) is 0 Å². The number of alkyl carbamates (subject to hydrolysis) is 1. The van der Waals surface area contributed by atoms with Gasteiger partial charge < -0.3 is 20.5 Å². The van der Waals surface area contributed by atoms with E-state index in [1.165, 1.54) is 7.11 Å². The Morgan fingerprint density at radius 3 is 1.94 bits per heavy atom. The van der Waals surface area contributed by atoms with E-state index >= 15 is 0 Å². The Kier molecular flexibility index (Phi) is 7.30. The molecule has 0 aromatic carbocycles. The van der Waals surface area contributed by atoms with Gasteiger partial charge in [0.05, 0.1) is 12.6 Å². The van der Waals surface area contributed by atoms with Crippen LogP contribution in [0.25, 0.3) is 0 Å². The largest absolute Gasteiger partial charge is 0.468 e. The molecule has 0 aliphatic heterocycles. The number of halogens is 1. The van der Waals surface area contributed by atoms with Crippen molar-refractivity contribution >= 4 is 24.5 Å². The summed E-state index contributed by atoms with van der Waals surface area (Å²) in [6.07, 6.45) is -0.623. The van der Waals surface area contributed by atoms with Crippen molar-refractivity contribution in [2.45, 2.75) is 51.8 Å². The second-order valence-corrected chi connectivity index (χ2v) is 5.35. The van der Waals surface area contributed by atoms with Crippen LogP contribution >= 0.6 is 12.4 Å². The lowest BCUT2D eigenvalue weighted by atomic mass is 9.95. The highest BCUT2D eigenvalue weighted by Gasteiger charge is 2.35. The van der Waals surface area contributed by atoms with Gasteiger partial charge in [-0.1, -0.05) is 0 Å². The van der Waals surface area contributed by atoms with E-state index in [1.807, 2.05) is 0 Å². The van der Waals surface area contributed by atoms with Gasteiger partial charge in [0.25, 0.3) is 0 Å². The molecule has 0 rings (SSSR count). The Balaban J connectivity index is 0. The lowest BCUT2D eigenvalue weighted by Gasteiger charge is -2.31. The molecule has 108 valence electrons. The quantitative estimate of drug-likeness (QED) is 0.759. The molecule has 1 atom stereocenters. The van der Waals surface area contributed by atoms with Gasteiger partial charge in [-0.25, -0.2) is 4.79 Å². The first-order chi connectivity index (χ1) is 7.49. The Morgan fingerprint density at radius 1 is 1.17 bits per heavy atom. The normalized spacial score (nSPS) is 13.1. The van der Waals surface area contributed by atoms with E-state index in [1.54, 1.807) is 34.6 Å². The van der Waals surface area contributed by atoms with Crippen LogP contribution in [0.3, 0.4) is 0 Å². The zero-order valence-corrected chi connectivity index (χ0v) is 12.5. The first-order valence-electron chi connectivity index (χ1n) is 5.34. The second kappa shape index (κ2) is 6.80. The molecule has 0 unspecified atom stereocenters. The fourth-order valence-electron chi connectivity index (χ4n) is 1.07. The maximum atomic E-state index is 11.5. The van der Waals surface area contributed by atoms with Gasteiger partial charge in [0.2, 0.25) is 0 Å². The number of methoxy groups -OCH3 is 1. The third kappa shape index (κ3) is 6.66. The van der Waals surface area contributed by atoms with Crippen LogP contribution in [0.5, 0.6) is 0 Å². The number of nitrogens with two attached hydrogens (primary N) is 1. The summed E-state index contributed by atoms with van der Waals surface area (Å²) in [6.45, 7) is 8.50. The summed E-state index contributed by atoms with van der Waals surface area (Å²) in [5.74, 6) is -0.592. The number of rotatable bonds is 3. The van der Waals surface area contributed by atoms with Crippen LogP contribution in [0.2, 0.25) is 0 Å². The number of hydrogen-bond acceptors (Lipinski definition) is 5. The van der Waals surface area contributed by atoms with Crippen LogP contribution in [0.4, 0.5) is 4.79 Å². The molecule has 0 bridgehead atoms. The molecule has 0 radical (unpaired) electrons. The lowest BCUT2D eigenvalue weighted by Crippen LogP contribution is -2.60. The Hall–Kier alpha value is -1.01. The van der Waals surface area contributed by atoms with Gasteiger partial charge in [-0.2, -0.15) is 0 Å². The minimum Gasteiger partial charge on any atom is -0.468 e. The van der Waals surface area contributed by atoms with E-state index in [-0.39, 0.29) is 12.4 Å². The van der Waals surface area contributed by atoms with Crippen LogP contribution in [0.15, 0.2) is 0 Å². The molecule has 0 saturated carbocycles. The summed E-state index contributed by atoms with van der Waals surface area (Å²) in [5, 5.41) is 2.54. The number of ether oxygens (including phenoxy) is 2. The highest BCUT2D eigenvalue weighted by molar-refractivity contribution is 5.85. The van der Waals surface area contributed by atoms with Crippen molar-refractivity contribution in [1.29, 1.82) is 0 Å². The minimum atomic E-state index is -0.958. The third-order valence-corrected chi connectivity index (χ3v) is 2.06. The fourth-order valence-corrected chi connectivity index (χ4v) is 1.07. The molecule has 0 aromatic heterocycles. The number of esters is 1. The first kappa shape index (κ1) is 19.3. The van der Waals surface area contributed by atoms with E-state index < -0.39 is 29.2 Å². The van der Waals surface area contributed by atoms with Gasteiger partial charge >= 0.3 is 12.1 Å². The molecule has 0 aliphatic rings. The molecule has 18 heavy (non-hydrogen) atoms. The van der Waals surface area contributed by atoms with Crippen molar-refractivity contribution in [2.24, 2.45) is 5.73 Å². The Bertz CT molecular complexity index is 300. The molecule has 6 nitrogen and oxygen atoms in total. The number of carbonyl (C=O) groups excluding carboxylic acids is 2. The summed E-state index contributed by atoms with van der Waals surface area (Å²) < 4.78 is 9.60. The predicted octanol–water partition coefficient (Wildman–Crippen LogP) is 1.21. The molecule has 7 heteroatoms. The summed E-state index contributed by atoms with van der Waals surface area (Å²) >= 11 is 0. The number of amides is 1. The third-order valence-electron chi connectivity index (χ3n) is 2.06. The van der Waals surface area contributed by atoms with Crippen LogP contribution in [0.1, 0.15) is 34.6 Å². The number of carbonyl (C=O) groups is 2. The van der Waals surface area contributed by atoms with Crippen LogP contribution < -0.4 is 11.1 Å². The van der Waals surface area contributed by atoms with Gasteiger partial charge in [0.15, 0.2) is 0 Å². The van der Waals surface area contributed by atoms with Crippen LogP contribution in [-0.2, 0) is 14.3 Å². The topological polar surface area (TPSA) is 90.6 Å². The van der Waals surface area contributed by atoms with Crippen LogP contribution in [-0.4, -0.2) is 36.4 Å². The van der Waals surface area contributed by atoms with E-state index in [9.17, 15) is 9.59 Å². The molecular weight excluding hydrogens is 260 g/mol. The summed E-state index contributed by atoms with van der Waals surface area (Å²) in [5.41, 5.74) is 4.12. The first-order valence-corrected chi connectivity index (χ1v) is 5.34. The van der Waals surface area contributed by atoms with E-state index in [0.29, 0.717) is 0 Å². The highest BCUT2D eigenvalue weighted by atomic mass is 35.5. The van der Waals surface area contributed by atoms with Gasteiger partial charge in [0.1, 0.15) is 11.6 Å². The summed E-state index contributed by atoms with van der Waals surface area (Å²) in [6, 6.07) is -0.958. The summed E-state index contributed by atoms with van der Waals surface area (Å²) in [4.78, 5) is 22.8. The second-order valence-electron chi connectivity index (χ2n) is 5.35. The Morgan fingerprint density at radius 2 is 1.61 bits per heavy atom.